The average Bonchev–Trinajstić information content (AvgIpc) is 2.91. The number of fused-ring (bicyclic) bond motifs is 1. The van der Waals surface area contributed by atoms with Gasteiger partial charge in [0.05, 0.1) is 5.69 Å². The molecule has 1 unspecified atom stereocenters. The number of nitrogens with zero attached hydrogens (tertiary/aromatic N) is 5. The summed E-state index contributed by atoms with van der Waals surface area (Å²) in [5, 5.41) is 4.24. The fraction of sp³-hybridized carbons (Fsp3) is 0.429. The van der Waals surface area contributed by atoms with E-state index in [0.29, 0.717) is 38.3 Å². The standard InChI is InChI=1S/C21H25N5O3/c1-15-12-18(23(2)22-15)21(29)24-9-8-17-20(28)25(13-16-6-4-3-5-7-16)14-19(27)26(17)11-10-24/h3-7,12,17H,8-11,13-14H2,1-2H3. The number of carbonyl (C=O) groups excluding carboxylic acids is 3. The second kappa shape index (κ2) is 7.69. The lowest BCUT2D eigenvalue weighted by Crippen LogP contribution is -2.59. The van der Waals surface area contributed by atoms with E-state index in [1.807, 2.05) is 37.3 Å². The van der Waals surface area contributed by atoms with Crippen molar-refractivity contribution < 1.29 is 14.4 Å². The van der Waals surface area contributed by atoms with Gasteiger partial charge in [0.2, 0.25) is 11.8 Å². The van der Waals surface area contributed by atoms with Gasteiger partial charge < -0.3 is 14.7 Å². The Morgan fingerprint density at radius 2 is 1.90 bits per heavy atom. The maximum atomic E-state index is 13.1. The van der Waals surface area contributed by atoms with Gasteiger partial charge in [0.1, 0.15) is 18.3 Å². The molecule has 2 aliphatic rings. The quantitative estimate of drug-likeness (QED) is 0.771. The summed E-state index contributed by atoms with van der Waals surface area (Å²) in [5.74, 6) is -0.218. The molecule has 1 aromatic carbocycles. The van der Waals surface area contributed by atoms with Gasteiger partial charge in [-0.2, -0.15) is 5.10 Å². The maximum Gasteiger partial charge on any atom is 0.272 e. The number of aromatic nitrogens is 2. The van der Waals surface area contributed by atoms with Crippen LogP contribution in [0, 0.1) is 6.92 Å². The van der Waals surface area contributed by atoms with Crippen LogP contribution in [-0.4, -0.2) is 74.4 Å². The highest BCUT2D eigenvalue weighted by Crippen LogP contribution is 2.21. The van der Waals surface area contributed by atoms with Crippen molar-refractivity contribution in [2.24, 2.45) is 7.05 Å². The molecule has 0 spiro atoms. The normalized spacial score (nSPS) is 19.9. The fourth-order valence-electron chi connectivity index (χ4n) is 4.14. The van der Waals surface area contributed by atoms with Gasteiger partial charge in [-0.1, -0.05) is 30.3 Å². The number of carbonyl (C=O) groups is 3. The topological polar surface area (TPSA) is 78.8 Å². The van der Waals surface area contributed by atoms with Crippen LogP contribution in [-0.2, 0) is 23.2 Å². The van der Waals surface area contributed by atoms with Crippen LogP contribution in [0.1, 0.15) is 28.2 Å². The Morgan fingerprint density at radius 1 is 1.14 bits per heavy atom. The van der Waals surface area contributed by atoms with Gasteiger partial charge in [0, 0.05) is 33.2 Å². The predicted molar refractivity (Wildman–Crippen MR) is 106 cm³/mol. The molecule has 4 rings (SSSR count). The van der Waals surface area contributed by atoms with Crippen molar-refractivity contribution in [1.29, 1.82) is 0 Å². The highest BCUT2D eigenvalue weighted by molar-refractivity contribution is 5.96. The van der Waals surface area contributed by atoms with Crippen LogP contribution in [0.2, 0.25) is 0 Å². The largest absolute Gasteiger partial charge is 0.335 e. The van der Waals surface area contributed by atoms with E-state index in [4.69, 9.17) is 0 Å². The molecule has 8 nitrogen and oxygen atoms in total. The molecule has 1 atom stereocenters. The molecule has 0 radical (unpaired) electrons. The first-order chi connectivity index (χ1) is 13.9. The summed E-state index contributed by atoms with van der Waals surface area (Å²) in [6.07, 6.45) is 0.443. The van der Waals surface area contributed by atoms with E-state index in [1.54, 1.807) is 32.5 Å². The molecular formula is C21H25N5O3. The summed E-state index contributed by atoms with van der Waals surface area (Å²) in [6.45, 7) is 3.57. The lowest BCUT2D eigenvalue weighted by atomic mass is 10.1. The second-order valence-corrected chi connectivity index (χ2v) is 7.66. The van der Waals surface area contributed by atoms with E-state index in [9.17, 15) is 14.4 Å². The fourth-order valence-corrected chi connectivity index (χ4v) is 4.14. The molecule has 2 aliphatic heterocycles. The third-order valence-corrected chi connectivity index (χ3v) is 5.63. The van der Waals surface area contributed by atoms with Crippen LogP contribution in [0.5, 0.6) is 0 Å². The Labute approximate surface area is 169 Å². The molecule has 3 amide bonds. The van der Waals surface area contributed by atoms with E-state index >= 15 is 0 Å². The van der Waals surface area contributed by atoms with Crippen molar-refractivity contribution in [3.8, 4) is 0 Å². The number of hydrogen-bond donors (Lipinski definition) is 0. The van der Waals surface area contributed by atoms with E-state index in [0.717, 1.165) is 11.3 Å². The number of rotatable bonds is 3. The lowest BCUT2D eigenvalue weighted by molar-refractivity contribution is -0.156. The van der Waals surface area contributed by atoms with Crippen LogP contribution in [0.4, 0.5) is 0 Å². The Morgan fingerprint density at radius 3 is 2.59 bits per heavy atom. The lowest BCUT2D eigenvalue weighted by Gasteiger charge is -2.39. The van der Waals surface area contributed by atoms with Gasteiger partial charge in [-0.05, 0) is 25.0 Å². The molecule has 152 valence electrons. The summed E-state index contributed by atoms with van der Waals surface area (Å²) >= 11 is 0. The van der Waals surface area contributed by atoms with Crippen molar-refractivity contribution in [1.82, 2.24) is 24.5 Å². The van der Waals surface area contributed by atoms with Crippen LogP contribution >= 0.6 is 0 Å². The molecule has 0 aliphatic carbocycles. The first-order valence-corrected chi connectivity index (χ1v) is 9.86. The van der Waals surface area contributed by atoms with Crippen molar-refractivity contribution in [2.45, 2.75) is 25.9 Å². The molecular weight excluding hydrogens is 370 g/mol. The molecule has 2 saturated heterocycles. The molecule has 0 saturated carbocycles. The highest BCUT2D eigenvalue weighted by Gasteiger charge is 2.41. The smallest absolute Gasteiger partial charge is 0.272 e. The molecule has 29 heavy (non-hydrogen) atoms. The molecule has 1 aromatic heterocycles. The average molecular weight is 395 g/mol. The second-order valence-electron chi connectivity index (χ2n) is 7.66. The molecule has 8 heteroatoms. The number of benzene rings is 1. The number of aryl methyl sites for hydroxylation is 2. The first kappa shape index (κ1) is 19.2. The van der Waals surface area contributed by atoms with Crippen molar-refractivity contribution in [3.63, 3.8) is 0 Å². The zero-order valence-corrected chi connectivity index (χ0v) is 16.7. The van der Waals surface area contributed by atoms with Crippen molar-refractivity contribution in [3.05, 3.63) is 53.3 Å². The summed E-state index contributed by atoms with van der Waals surface area (Å²) in [4.78, 5) is 43.7. The molecule has 2 fully saturated rings. The first-order valence-electron chi connectivity index (χ1n) is 9.86. The van der Waals surface area contributed by atoms with Gasteiger partial charge in [-0.3, -0.25) is 19.1 Å². The Bertz CT molecular complexity index is 939. The summed E-state index contributed by atoms with van der Waals surface area (Å²) in [5.41, 5.74) is 2.30. The van der Waals surface area contributed by atoms with Crippen molar-refractivity contribution in [2.75, 3.05) is 26.2 Å². The van der Waals surface area contributed by atoms with Gasteiger partial charge in [0.15, 0.2) is 0 Å². The van der Waals surface area contributed by atoms with Gasteiger partial charge in [-0.15, -0.1) is 0 Å². The maximum absolute atomic E-state index is 13.1. The zero-order chi connectivity index (χ0) is 20.5. The number of piperazine rings is 1. The SMILES string of the molecule is Cc1cc(C(=O)N2CCC3C(=O)N(Cc4ccccc4)CC(=O)N3CC2)n(C)n1. The van der Waals surface area contributed by atoms with E-state index in [1.165, 1.54) is 0 Å². The van der Waals surface area contributed by atoms with Crippen LogP contribution in [0.3, 0.4) is 0 Å². The Balaban J connectivity index is 1.48. The van der Waals surface area contributed by atoms with E-state index in [2.05, 4.69) is 5.10 Å². The zero-order valence-electron chi connectivity index (χ0n) is 16.7. The monoisotopic (exact) mass is 395 g/mol. The summed E-state index contributed by atoms with van der Waals surface area (Å²) in [7, 11) is 1.75. The van der Waals surface area contributed by atoms with Crippen LogP contribution in [0.15, 0.2) is 36.4 Å². The van der Waals surface area contributed by atoms with Crippen LogP contribution in [0.25, 0.3) is 0 Å². The van der Waals surface area contributed by atoms with Crippen LogP contribution < -0.4 is 0 Å². The van der Waals surface area contributed by atoms with E-state index < -0.39 is 6.04 Å². The minimum Gasteiger partial charge on any atom is -0.335 e. The van der Waals surface area contributed by atoms with Crippen molar-refractivity contribution >= 4 is 17.7 Å². The minimum absolute atomic E-state index is 0.0425. The molecule has 0 bridgehead atoms. The molecule has 0 N–H and O–H groups in total. The molecule has 3 heterocycles. The van der Waals surface area contributed by atoms with E-state index in [-0.39, 0.29) is 24.3 Å². The Kier molecular flexibility index (Phi) is 5.08. The van der Waals surface area contributed by atoms with Gasteiger partial charge in [-0.25, -0.2) is 0 Å². The minimum atomic E-state index is -0.508. The summed E-state index contributed by atoms with van der Waals surface area (Å²) < 4.78 is 1.58. The highest BCUT2D eigenvalue weighted by atomic mass is 16.2. The summed E-state index contributed by atoms with van der Waals surface area (Å²) in [6, 6.07) is 10.9. The van der Waals surface area contributed by atoms with Gasteiger partial charge in [0.25, 0.3) is 5.91 Å². The third kappa shape index (κ3) is 3.74. The predicted octanol–water partition coefficient (Wildman–Crippen LogP) is 0.814. The number of hydrogen-bond acceptors (Lipinski definition) is 4. The molecule has 2 aromatic rings. The third-order valence-electron chi connectivity index (χ3n) is 5.63. The number of amides is 3. The van der Waals surface area contributed by atoms with Gasteiger partial charge >= 0.3 is 0 Å². The Hall–Kier alpha value is -3.16.